The Morgan fingerprint density at radius 2 is 1.81 bits per heavy atom. The van der Waals surface area contributed by atoms with Gasteiger partial charge >= 0.3 is 0 Å². The number of thiocyanates is 1. The molecule has 0 aliphatic rings. The molecule has 0 saturated carbocycles. The number of amides is 1. The maximum atomic E-state index is 12.3. The Hall–Kier alpha value is -2.54. The Labute approximate surface area is 158 Å². The van der Waals surface area contributed by atoms with Crippen LogP contribution in [0.25, 0.3) is 0 Å². The summed E-state index contributed by atoms with van der Waals surface area (Å²) in [6, 6.07) is 12.6. The molecule has 0 aromatic heterocycles. The van der Waals surface area contributed by atoms with Gasteiger partial charge in [0.2, 0.25) is 0 Å². The van der Waals surface area contributed by atoms with Crippen LogP contribution in [-0.4, -0.2) is 27.3 Å². The highest BCUT2D eigenvalue weighted by molar-refractivity contribution is 8.03. The summed E-state index contributed by atoms with van der Waals surface area (Å²) in [5.41, 5.74) is -1.35. The van der Waals surface area contributed by atoms with Gasteiger partial charge in [0.25, 0.3) is 11.6 Å². The van der Waals surface area contributed by atoms with Crippen LogP contribution in [0, 0.1) is 20.8 Å². The van der Waals surface area contributed by atoms with E-state index in [4.69, 9.17) is 5.26 Å². The monoisotopic (exact) mass is 389 g/mol. The van der Waals surface area contributed by atoms with Crippen LogP contribution < -0.4 is 5.32 Å². The third kappa shape index (κ3) is 5.49. The predicted molar refractivity (Wildman–Crippen MR) is 101 cm³/mol. The minimum absolute atomic E-state index is 0.0803. The molecule has 2 N–H and O–H groups in total. The molecule has 0 spiro atoms. The van der Waals surface area contributed by atoms with E-state index in [9.17, 15) is 20.0 Å². The van der Waals surface area contributed by atoms with E-state index in [0.717, 1.165) is 21.6 Å². The Kier molecular flexibility index (Phi) is 6.63. The first-order chi connectivity index (χ1) is 12.3. The van der Waals surface area contributed by atoms with E-state index in [2.05, 4.69) is 5.32 Å². The molecule has 26 heavy (non-hydrogen) atoms. The van der Waals surface area contributed by atoms with Gasteiger partial charge in [0.15, 0.2) is 0 Å². The molecule has 0 saturated heterocycles. The molecular formula is C17H15N3O4S2. The molecule has 1 amide bonds. The number of carbonyl (C=O) groups is 1. The molecule has 9 heteroatoms. The van der Waals surface area contributed by atoms with Crippen LogP contribution in [0.15, 0.2) is 58.3 Å². The van der Waals surface area contributed by atoms with Crippen LogP contribution in [0.4, 0.5) is 11.4 Å². The van der Waals surface area contributed by atoms with E-state index in [-0.39, 0.29) is 11.4 Å². The second-order valence-corrected chi connectivity index (χ2v) is 7.39. The fourth-order valence-electron chi connectivity index (χ4n) is 1.88. The molecule has 134 valence electrons. The van der Waals surface area contributed by atoms with Crippen LogP contribution in [0.2, 0.25) is 0 Å². The number of hydrogen-bond donors (Lipinski definition) is 2. The largest absolute Gasteiger partial charge is 0.379 e. The van der Waals surface area contributed by atoms with Crippen LogP contribution in [0.5, 0.6) is 0 Å². The number of anilines is 1. The molecule has 2 aromatic carbocycles. The van der Waals surface area contributed by atoms with Crippen LogP contribution in [0.1, 0.15) is 6.92 Å². The van der Waals surface area contributed by atoms with Crippen molar-refractivity contribution in [2.75, 3.05) is 11.1 Å². The quantitative estimate of drug-likeness (QED) is 0.321. The van der Waals surface area contributed by atoms with Crippen molar-refractivity contribution in [3.8, 4) is 5.40 Å². The summed E-state index contributed by atoms with van der Waals surface area (Å²) >= 11 is 2.36. The van der Waals surface area contributed by atoms with Crippen molar-refractivity contribution in [1.82, 2.24) is 0 Å². The van der Waals surface area contributed by atoms with E-state index in [1.54, 1.807) is 12.1 Å². The van der Waals surface area contributed by atoms with Crippen LogP contribution in [0.3, 0.4) is 0 Å². The number of hydrogen-bond acceptors (Lipinski definition) is 7. The van der Waals surface area contributed by atoms with Crippen LogP contribution in [-0.2, 0) is 4.79 Å². The Balaban J connectivity index is 1.94. The smallest absolute Gasteiger partial charge is 0.269 e. The highest BCUT2D eigenvalue weighted by atomic mass is 32.2. The predicted octanol–water partition coefficient (Wildman–Crippen LogP) is 3.65. The molecule has 0 heterocycles. The molecule has 0 fully saturated rings. The summed E-state index contributed by atoms with van der Waals surface area (Å²) in [5, 5.41) is 34.2. The van der Waals surface area contributed by atoms with Crippen molar-refractivity contribution in [3.63, 3.8) is 0 Å². The SMILES string of the molecule is C[C@@](O)(CSc1ccc(SC#N)cc1)C(=O)Nc1ccc([N+](=O)[O-])cc1. The number of carbonyl (C=O) groups excluding carboxylic acids is 1. The summed E-state index contributed by atoms with van der Waals surface area (Å²) in [7, 11) is 0. The average Bonchev–Trinajstić information content (AvgIpc) is 2.62. The second kappa shape index (κ2) is 8.71. The highest BCUT2D eigenvalue weighted by Crippen LogP contribution is 2.26. The van der Waals surface area contributed by atoms with Gasteiger partial charge in [-0.1, -0.05) is 0 Å². The van der Waals surface area contributed by atoms with E-state index < -0.39 is 16.4 Å². The summed E-state index contributed by atoms with van der Waals surface area (Å²) in [6.07, 6.45) is 0. The third-order valence-electron chi connectivity index (χ3n) is 3.33. The fourth-order valence-corrected chi connectivity index (χ4v) is 3.16. The Morgan fingerprint density at radius 1 is 1.23 bits per heavy atom. The van der Waals surface area contributed by atoms with Crippen molar-refractivity contribution < 1.29 is 14.8 Å². The van der Waals surface area contributed by atoms with Gasteiger partial charge in [0, 0.05) is 33.4 Å². The molecule has 0 bridgehead atoms. The minimum atomic E-state index is -1.63. The van der Waals surface area contributed by atoms with E-state index >= 15 is 0 Å². The normalized spacial score (nSPS) is 12.7. The average molecular weight is 389 g/mol. The zero-order valence-corrected chi connectivity index (χ0v) is 15.3. The molecule has 2 rings (SSSR count). The number of nitro groups is 1. The number of nitrogens with zero attached hydrogens (tertiary/aromatic N) is 2. The lowest BCUT2D eigenvalue weighted by atomic mass is 10.1. The number of nitrogens with one attached hydrogen (secondary N) is 1. The van der Waals surface area contributed by atoms with E-state index in [1.807, 2.05) is 17.5 Å². The maximum Gasteiger partial charge on any atom is 0.269 e. The Bertz CT molecular complexity index is 831. The number of benzene rings is 2. The van der Waals surface area contributed by atoms with E-state index in [1.165, 1.54) is 43.0 Å². The van der Waals surface area contributed by atoms with Gasteiger partial charge in [-0.15, -0.1) is 11.8 Å². The summed E-state index contributed by atoms with van der Waals surface area (Å²) in [6.45, 7) is 1.40. The first kappa shape index (κ1) is 19.8. The molecular weight excluding hydrogens is 374 g/mol. The first-order valence-corrected chi connectivity index (χ1v) is 9.19. The zero-order valence-electron chi connectivity index (χ0n) is 13.7. The number of non-ortho nitro benzene ring substituents is 1. The van der Waals surface area contributed by atoms with Crippen molar-refractivity contribution in [1.29, 1.82) is 5.26 Å². The topological polar surface area (TPSA) is 116 Å². The molecule has 2 aromatic rings. The molecule has 7 nitrogen and oxygen atoms in total. The number of thioether (sulfide) groups is 2. The molecule has 0 radical (unpaired) electrons. The second-order valence-electron chi connectivity index (χ2n) is 5.49. The third-order valence-corrected chi connectivity index (χ3v) is 5.24. The Morgan fingerprint density at radius 3 is 2.35 bits per heavy atom. The van der Waals surface area contributed by atoms with Crippen molar-refractivity contribution >= 4 is 40.8 Å². The van der Waals surface area contributed by atoms with Crippen molar-refractivity contribution in [2.24, 2.45) is 0 Å². The first-order valence-electron chi connectivity index (χ1n) is 7.39. The standard InChI is InChI=1S/C17H15N3O4S2/c1-17(22,10-25-14-6-8-15(9-7-14)26-11-18)16(21)19-12-2-4-13(5-3-12)20(23)24/h2-9,22H,10H2,1H3,(H,19,21)/t17-/m1/s1. The lowest BCUT2D eigenvalue weighted by molar-refractivity contribution is -0.384. The van der Waals surface area contributed by atoms with Crippen molar-refractivity contribution in [3.05, 3.63) is 58.6 Å². The van der Waals surface area contributed by atoms with Gasteiger partial charge < -0.3 is 10.4 Å². The molecule has 0 aliphatic carbocycles. The number of rotatable bonds is 7. The van der Waals surface area contributed by atoms with Gasteiger partial charge in [-0.05, 0) is 55.1 Å². The summed E-state index contributed by atoms with van der Waals surface area (Å²) < 4.78 is 0. The maximum absolute atomic E-state index is 12.3. The molecule has 0 unspecified atom stereocenters. The van der Waals surface area contributed by atoms with Gasteiger partial charge in [-0.3, -0.25) is 14.9 Å². The molecule has 1 atom stereocenters. The highest BCUT2D eigenvalue weighted by Gasteiger charge is 2.30. The lowest BCUT2D eigenvalue weighted by Crippen LogP contribution is -2.42. The van der Waals surface area contributed by atoms with Gasteiger partial charge in [-0.25, -0.2) is 0 Å². The van der Waals surface area contributed by atoms with Gasteiger partial charge in [-0.2, -0.15) is 5.26 Å². The number of aliphatic hydroxyl groups is 1. The fraction of sp³-hybridized carbons (Fsp3) is 0.176. The van der Waals surface area contributed by atoms with Crippen molar-refractivity contribution in [2.45, 2.75) is 22.3 Å². The molecule has 0 aliphatic heterocycles. The number of nitro benzene ring substituents is 1. The van der Waals surface area contributed by atoms with E-state index in [0.29, 0.717) is 5.69 Å². The van der Waals surface area contributed by atoms with Crippen LogP contribution >= 0.6 is 23.5 Å². The lowest BCUT2D eigenvalue weighted by Gasteiger charge is -2.22. The summed E-state index contributed by atoms with van der Waals surface area (Å²) in [4.78, 5) is 24.0. The summed E-state index contributed by atoms with van der Waals surface area (Å²) in [5.74, 6) is -0.480. The zero-order chi connectivity index (χ0) is 19.2. The minimum Gasteiger partial charge on any atom is -0.379 e. The van der Waals surface area contributed by atoms with Gasteiger partial charge in [0.1, 0.15) is 11.0 Å². The van der Waals surface area contributed by atoms with Gasteiger partial charge in [0.05, 0.1) is 4.92 Å². The number of nitriles is 1.